The van der Waals surface area contributed by atoms with Crippen molar-refractivity contribution in [3.8, 4) is 0 Å². The van der Waals surface area contributed by atoms with Crippen LogP contribution in [-0.4, -0.2) is 28.3 Å². The van der Waals surface area contributed by atoms with Gasteiger partial charge < -0.3 is 4.57 Å². The Labute approximate surface area is 136 Å². The summed E-state index contributed by atoms with van der Waals surface area (Å²) in [6.45, 7) is 4.63. The quantitative estimate of drug-likeness (QED) is 0.800. The topological polar surface area (TPSA) is 25.2 Å². The molecule has 1 aliphatic rings. The molecule has 2 aromatic rings. The second-order valence-electron chi connectivity index (χ2n) is 6.16. The maximum atomic E-state index is 11.5. The molecular formula is C18H21ClN2O. The molecule has 1 saturated heterocycles. The van der Waals surface area contributed by atoms with Gasteiger partial charge in [-0.3, -0.25) is 9.69 Å². The molecule has 0 radical (unpaired) electrons. The number of carbonyl (C=O) groups excluding carboxylic acids is 1. The fraction of sp³-hybridized carbons (Fsp3) is 0.389. The normalized spacial score (nSPS) is 18.8. The van der Waals surface area contributed by atoms with Crippen LogP contribution in [0.1, 0.15) is 40.9 Å². The average Bonchev–Trinajstić information content (AvgIpc) is 3.07. The lowest BCUT2D eigenvalue weighted by atomic mass is 9.99. The summed E-state index contributed by atoms with van der Waals surface area (Å²) in [5, 5.41) is 0.810. The molecular weight excluding hydrogens is 296 g/mol. The van der Waals surface area contributed by atoms with E-state index in [1.807, 2.05) is 31.4 Å². The summed E-state index contributed by atoms with van der Waals surface area (Å²) in [5.41, 5.74) is 3.31. The number of aromatic nitrogens is 1. The van der Waals surface area contributed by atoms with Crippen molar-refractivity contribution < 1.29 is 4.79 Å². The number of hydrogen-bond donors (Lipinski definition) is 0. The maximum Gasteiger partial charge on any atom is 0.161 e. The van der Waals surface area contributed by atoms with Gasteiger partial charge in [0.05, 0.1) is 0 Å². The van der Waals surface area contributed by atoms with E-state index in [-0.39, 0.29) is 5.78 Å². The number of Topliss-reactive ketones (excluding diaryl/α,β-unsaturated/α-hetero) is 1. The van der Waals surface area contributed by atoms with Crippen LogP contribution in [0.4, 0.5) is 0 Å². The monoisotopic (exact) mass is 316 g/mol. The zero-order chi connectivity index (χ0) is 15.7. The van der Waals surface area contributed by atoms with Crippen LogP contribution in [0.2, 0.25) is 5.02 Å². The van der Waals surface area contributed by atoms with Gasteiger partial charge in [-0.25, -0.2) is 0 Å². The number of ketones is 1. The van der Waals surface area contributed by atoms with Crippen molar-refractivity contribution in [1.82, 2.24) is 9.47 Å². The summed E-state index contributed by atoms with van der Waals surface area (Å²) < 4.78 is 2.06. The van der Waals surface area contributed by atoms with Crippen LogP contribution in [0.15, 0.2) is 36.5 Å². The molecule has 0 amide bonds. The molecule has 1 fully saturated rings. The fourth-order valence-electron chi connectivity index (χ4n) is 3.20. The molecule has 4 heteroatoms. The van der Waals surface area contributed by atoms with Crippen LogP contribution in [0.3, 0.4) is 0 Å². The number of carbonyl (C=O) groups is 1. The molecule has 22 heavy (non-hydrogen) atoms. The van der Waals surface area contributed by atoms with E-state index in [4.69, 9.17) is 11.6 Å². The molecule has 0 unspecified atom stereocenters. The molecule has 1 aromatic heterocycles. The Morgan fingerprint density at radius 2 is 2.18 bits per heavy atom. The highest BCUT2D eigenvalue weighted by atomic mass is 35.5. The van der Waals surface area contributed by atoms with Gasteiger partial charge in [-0.1, -0.05) is 23.7 Å². The number of benzene rings is 1. The van der Waals surface area contributed by atoms with Crippen molar-refractivity contribution >= 4 is 17.4 Å². The summed E-state index contributed by atoms with van der Waals surface area (Å²) in [5.74, 6) is 0.673. The Morgan fingerprint density at radius 3 is 2.86 bits per heavy atom. The molecule has 116 valence electrons. The minimum Gasteiger partial charge on any atom is -0.353 e. The third-order valence-corrected chi connectivity index (χ3v) is 4.73. The van der Waals surface area contributed by atoms with Crippen molar-refractivity contribution in [3.63, 3.8) is 0 Å². The second-order valence-corrected chi connectivity index (χ2v) is 6.60. The van der Waals surface area contributed by atoms with Gasteiger partial charge in [0, 0.05) is 42.6 Å². The van der Waals surface area contributed by atoms with Crippen LogP contribution < -0.4 is 0 Å². The molecule has 0 N–H and O–H groups in total. The molecule has 3 nitrogen and oxygen atoms in total. The first-order valence-electron chi connectivity index (χ1n) is 7.67. The molecule has 3 rings (SSSR count). The number of hydrogen-bond acceptors (Lipinski definition) is 2. The van der Waals surface area contributed by atoms with Gasteiger partial charge in [-0.05, 0) is 49.6 Å². The summed E-state index contributed by atoms with van der Waals surface area (Å²) >= 11 is 6.09. The Balaban J connectivity index is 1.67. The molecule has 1 atom stereocenters. The number of nitrogens with zero attached hydrogens (tertiary/aromatic N) is 2. The first kappa shape index (κ1) is 15.3. The summed E-state index contributed by atoms with van der Waals surface area (Å²) in [7, 11) is 2.01. The molecule has 0 spiro atoms. The smallest absolute Gasteiger partial charge is 0.161 e. The Kier molecular flexibility index (Phi) is 4.37. The third kappa shape index (κ3) is 3.26. The maximum absolute atomic E-state index is 11.5. The Morgan fingerprint density at radius 1 is 1.36 bits per heavy atom. The Hall–Kier alpha value is -1.58. The summed E-state index contributed by atoms with van der Waals surface area (Å²) in [6, 6.07) is 10.2. The van der Waals surface area contributed by atoms with E-state index in [9.17, 15) is 4.79 Å². The average molecular weight is 317 g/mol. The number of halogens is 1. The molecule has 2 heterocycles. The highest BCUT2D eigenvalue weighted by molar-refractivity contribution is 6.30. The van der Waals surface area contributed by atoms with Crippen LogP contribution in [0.5, 0.6) is 0 Å². The minimum absolute atomic E-state index is 0.125. The van der Waals surface area contributed by atoms with Crippen molar-refractivity contribution in [3.05, 3.63) is 58.4 Å². The highest BCUT2D eigenvalue weighted by Crippen LogP contribution is 2.29. The van der Waals surface area contributed by atoms with Crippen LogP contribution >= 0.6 is 11.6 Å². The first-order chi connectivity index (χ1) is 10.5. The number of rotatable bonds is 4. The van der Waals surface area contributed by atoms with E-state index in [1.54, 1.807) is 6.92 Å². The van der Waals surface area contributed by atoms with Gasteiger partial charge in [0.25, 0.3) is 0 Å². The molecule has 0 saturated carbocycles. The van der Waals surface area contributed by atoms with E-state index in [0.29, 0.717) is 5.92 Å². The van der Waals surface area contributed by atoms with Crippen molar-refractivity contribution in [2.75, 3.05) is 13.1 Å². The zero-order valence-electron chi connectivity index (χ0n) is 13.1. The van der Waals surface area contributed by atoms with Gasteiger partial charge in [0.1, 0.15) is 0 Å². The predicted molar refractivity (Wildman–Crippen MR) is 89.5 cm³/mol. The van der Waals surface area contributed by atoms with E-state index in [0.717, 1.165) is 36.6 Å². The molecule has 1 aliphatic heterocycles. The van der Waals surface area contributed by atoms with Crippen LogP contribution in [0, 0.1) is 0 Å². The van der Waals surface area contributed by atoms with Gasteiger partial charge in [0.15, 0.2) is 5.78 Å². The van der Waals surface area contributed by atoms with Gasteiger partial charge in [0.2, 0.25) is 0 Å². The first-order valence-corrected chi connectivity index (χ1v) is 8.04. The van der Waals surface area contributed by atoms with E-state index in [1.165, 1.54) is 11.3 Å². The molecule has 0 bridgehead atoms. The summed E-state index contributed by atoms with van der Waals surface area (Å²) in [6.07, 6.45) is 3.08. The van der Waals surface area contributed by atoms with Crippen molar-refractivity contribution in [1.29, 1.82) is 0 Å². The van der Waals surface area contributed by atoms with E-state index >= 15 is 0 Å². The lowest BCUT2D eigenvalue weighted by Crippen LogP contribution is -2.21. The number of aryl methyl sites for hydroxylation is 1. The Bertz CT molecular complexity index is 692. The third-order valence-electron chi connectivity index (χ3n) is 4.49. The molecule has 1 aromatic carbocycles. The number of likely N-dealkylation sites (tertiary alicyclic amines) is 1. The molecule has 0 aliphatic carbocycles. The lowest BCUT2D eigenvalue weighted by Gasteiger charge is -2.16. The largest absolute Gasteiger partial charge is 0.353 e. The fourth-order valence-corrected chi connectivity index (χ4v) is 3.40. The standard InChI is InChI=1S/C18H21ClN2O/c1-13(22)16-9-18(20(2)10-16)12-21-7-6-15(11-21)14-4-3-5-17(19)8-14/h3-5,8-10,15H,6-7,11-12H2,1-2H3/t15-/m0/s1. The van der Waals surface area contributed by atoms with E-state index < -0.39 is 0 Å². The van der Waals surface area contributed by atoms with Gasteiger partial charge in [-0.15, -0.1) is 0 Å². The minimum atomic E-state index is 0.125. The van der Waals surface area contributed by atoms with E-state index in [2.05, 4.69) is 21.6 Å². The van der Waals surface area contributed by atoms with Crippen LogP contribution in [-0.2, 0) is 13.6 Å². The highest BCUT2D eigenvalue weighted by Gasteiger charge is 2.24. The lowest BCUT2D eigenvalue weighted by molar-refractivity contribution is 0.101. The van der Waals surface area contributed by atoms with Crippen molar-refractivity contribution in [2.24, 2.45) is 7.05 Å². The zero-order valence-corrected chi connectivity index (χ0v) is 13.8. The van der Waals surface area contributed by atoms with Crippen molar-refractivity contribution in [2.45, 2.75) is 25.8 Å². The second kappa shape index (κ2) is 6.27. The van der Waals surface area contributed by atoms with Gasteiger partial charge >= 0.3 is 0 Å². The SMILES string of the molecule is CC(=O)c1cc(CN2CC[C@H](c3cccc(Cl)c3)C2)n(C)c1. The predicted octanol–water partition coefficient (Wildman–Crippen LogP) is 3.87. The van der Waals surface area contributed by atoms with Crippen LogP contribution in [0.25, 0.3) is 0 Å². The van der Waals surface area contributed by atoms with Gasteiger partial charge in [-0.2, -0.15) is 0 Å². The summed E-state index contributed by atoms with van der Waals surface area (Å²) in [4.78, 5) is 13.9.